The highest BCUT2D eigenvalue weighted by molar-refractivity contribution is 7.21. The van der Waals surface area contributed by atoms with Crippen molar-refractivity contribution >= 4 is 32.5 Å². The molecule has 5 nitrogen and oxygen atoms in total. The van der Waals surface area contributed by atoms with Crippen LogP contribution in [-0.4, -0.2) is 29.1 Å². The Labute approximate surface area is 185 Å². The van der Waals surface area contributed by atoms with Crippen molar-refractivity contribution in [2.45, 2.75) is 32.5 Å². The van der Waals surface area contributed by atoms with Gasteiger partial charge in [0.25, 0.3) is 0 Å². The lowest BCUT2D eigenvalue weighted by molar-refractivity contribution is -0.152. The maximum Gasteiger partial charge on any atom is 0.450 e. The molecule has 2 aromatic carbocycles. The predicted octanol–water partition coefficient (Wildman–Crippen LogP) is 5.81. The van der Waals surface area contributed by atoms with Gasteiger partial charge in [-0.15, -0.1) is 11.3 Å². The second-order valence-electron chi connectivity index (χ2n) is 7.85. The van der Waals surface area contributed by atoms with E-state index in [4.69, 9.17) is 4.42 Å². The van der Waals surface area contributed by atoms with Gasteiger partial charge in [0.15, 0.2) is 0 Å². The van der Waals surface area contributed by atoms with Crippen LogP contribution in [0.1, 0.15) is 30.2 Å². The van der Waals surface area contributed by atoms with Gasteiger partial charge >= 0.3 is 6.18 Å². The van der Waals surface area contributed by atoms with E-state index < -0.39 is 22.9 Å². The summed E-state index contributed by atoms with van der Waals surface area (Å²) in [5, 5.41) is 10.7. The third-order valence-electron chi connectivity index (χ3n) is 5.09. The number of para-hydroxylation sites is 1. The van der Waals surface area contributed by atoms with E-state index in [1.165, 1.54) is 6.07 Å². The average molecular weight is 462 g/mol. The van der Waals surface area contributed by atoms with Gasteiger partial charge in [-0.05, 0) is 44.3 Å². The second-order valence-corrected chi connectivity index (χ2v) is 8.88. The van der Waals surface area contributed by atoms with Crippen molar-refractivity contribution in [2.75, 3.05) is 14.1 Å². The van der Waals surface area contributed by atoms with E-state index in [1.54, 1.807) is 43.3 Å². The molecule has 0 saturated heterocycles. The first kappa shape index (κ1) is 22.3. The fourth-order valence-corrected chi connectivity index (χ4v) is 4.75. The molecule has 2 heterocycles. The zero-order chi connectivity index (χ0) is 23.2. The molecule has 0 atom stereocenters. The summed E-state index contributed by atoms with van der Waals surface area (Å²) in [6.45, 7) is 2.03. The third-order valence-corrected chi connectivity index (χ3v) is 6.14. The molecule has 0 amide bonds. The van der Waals surface area contributed by atoms with E-state index in [9.17, 15) is 23.1 Å². The van der Waals surface area contributed by atoms with Crippen molar-refractivity contribution < 1.29 is 22.7 Å². The Balaban J connectivity index is 2.13. The fraction of sp³-hybridized carbons (Fsp3) is 0.304. The third kappa shape index (κ3) is 3.86. The van der Waals surface area contributed by atoms with E-state index in [0.29, 0.717) is 28.6 Å². The van der Waals surface area contributed by atoms with Crippen LogP contribution in [-0.2, 0) is 19.1 Å². The maximum absolute atomic E-state index is 14.1. The Morgan fingerprint density at radius 3 is 2.56 bits per heavy atom. The Morgan fingerprint density at radius 2 is 1.94 bits per heavy atom. The summed E-state index contributed by atoms with van der Waals surface area (Å²) in [6, 6.07) is 8.34. The van der Waals surface area contributed by atoms with Gasteiger partial charge in [-0.25, -0.2) is 4.98 Å². The van der Waals surface area contributed by atoms with E-state index in [0.717, 1.165) is 11.3 Å². The number of aromatic nitrogens is 1. The molecule has 0 radical (unpaired) electrons. The molecule has 0 aliphatic heterocycles. The number of halogens is 3. The van der Waals surface area contributed by atoms with Crippen LogP contribution in [0, 0.1) is 0 Å². The van der Waals surface area contributed by atoms with Crippen molar-refractivity contribution in [3.8, 4) is 16.3 Å². The van der Waals surface area contributed by atoms with Crippen molar-refractivity contribution in [1.29, 1.82) is 0 Å². The number of phenols is 1. The van der Waals surface area contributed by atoms with Crippen LogP contribution in [0.4, 0.5) is 13.2 Å². The Kier molecular flexibility index (Phi) is 5.72. The number of benzene rings is 2. The predicted molar refractivity (Wildman–Crippen MR) is 119 cm³/mol. The number of alkyl halides is 3. The van der Waals surface area contributed by atoms with Gasteiger partial charge < -0.3 is 14.4 Å². The number of hydrogen-bond acceptors (Lipinski definition) is 6. The molecule has 0 bridgehead atoms. The summed E-state index contributed by atoms with van der Waals surface area (Å²) in [5.74, 6) is -1.55. The van der Waals surface area contributed by atoms with Gasteiger partial charge in [-0.2, -0.15) is 13.2 Å². The van der Waals surface area contributed by atoms with Crippen LogP contribution in [0.3, 0.4) is 0 Å². The molecule has 9 heteroatoms. The largest absolute Gasteiger partial charge is 0.507 e. The fourth-order valence-electron chi connectivity index (χ4n) is 3.74. The van der Waals surface area contributed by atoms with Gasteiger partial charge in [-0.1, -0.05) is 25.5 Å². The van der Waals surface area contributed by atoms with Gasteiger partial charge in [0.05, 0.1) is 21.2 Å². The summed E-state index contributed by atoms with van der Waals surface area (Å²) >= 11 is 1.01. The molecule has 0 aliphatic rings. The second kappa shape index (κ2) is 8.22. The van der Waals surface area contributed by atoms with Crippen molar-refractivity contribution in [3.05, 3.63) is 57.4 Å². The molecule has 2 aromatic heterocycles. The molecule has 0 aliphatic carbocycles. The first-order valence-corrected chi connectivity index (χ1v) is 10.9. The smallest absolute Gasteiger partial charge is 0.450 e. The van der Waals surface area contributed by atoms with E-state index in [-0.39, 0.29) is 33.8 Å². The zero-order valence-electron chi connectivity index (χ0n) is 17.7. The first-order valence-electron chi connectivity index (χ1n) is 10.0. The van der Waals surface area contributed by atoms with E-state index >= 15 is 0 Å². The topological polar surface area (TPSA) is 66.6 Å². The highest BCUT2D eigenvalue weighted by Crippen LogP contribution is 2.42. The highest BCUT2D eigenvalue weighted by atomic mass is 32.1. The molecule has 168 valence electrons. The van der Waals surface area contributed by atoms with Gasteiger partial charge in [-0.3, -0.25) is 4.79 Å². The summed E-state index contributed by atoms with van der Waals surface area (Å²) in [4.78, 5) is 19.5. The first-order chi connectivity index (χ1) is 15.1. The molecule has 4 rings (SSSR count). The highest BCUT2D eigenvalue weighted by Gasteiger charge is 2.41. The molecule has 0 saturated carbocycles. The van der Waals surface area contributed by atoms with Crippen LogP contribution in [0.5, 0.6) is 5.75 Å². The Bertz CT molecular complexity index is 1340. The van der Waals surface area contributed by atoms with Gasteiger partial charge in [0, 0.05) is 6.54 Å². The number of aromatic hydroxyl groups is 1. The number of hydrogen-bond donors (Lipinski definition) is 1. The molecule has 0 spiro atoms. The summed E-state index contributed by atoms with van der Waals surface area (Å²) < 4.78 is 48.2. The van der Waals surface area contributed by atoms with Gasteiger partial charge in [0.1, 0.15) is 21.9 Å². The minimum atomic E-state index is -4.92. The summed E-state index contributed by atoms with van der Waals surface area (Å²) in [5.41, 5.74) is -0.497. The van der Waals surface area contributed by atoms with Crippen LogP contribution in [0.2, 0.25) is 0 Å². The lowest BCUT2D eigenvalue weighted by Gasteiger charge is -2.18. The minimum absolute atomic E-state index is 0.00496. The summed E-state index contributed by atoms with van der Waals surface area (Å²) in [6.07, 6.45) is -3.76. The monoisotopic (exact) mass is 462 g/mol. The van der Waals surface area contributed by atoms with Crippen LogP contribution in [0.25, 0.3) is 31.8 Å². The number of nitrogens with zero attached hydrogens (tertiary/aromatic N) is 2. The van der Waals surface area contributed by atoms with E-state index in [1.807, 2.05) is 6.92 Å². The van der Waals surface area contributed by atoms with Crippen molar-refractivity contribution in [3.63, 3.8) is 0 Å². The Morgan fingerprint density at radius 1 is 1.22 bits per heavy atom. The van der Waals surface area contributed by atoms with Crippen LogP contribution in [0.15, 0.2) is 39.5 Å². The molecule has 1 N–H and O–H groups in total. The van der Waals surface area contributed by atoms with Crippen LogP contribution < -0.4 is 5.43 Å². The number of aryl methyl sites for hydroxylation is 1. The quantitative estimate of drug-likeness (QED) is 0.406. The lowest BCUT2D eigenvalue weighted by atomic mass is 9.99. The molecular formula is C23H21F3N2O3S. The van der Waals surface area contributed by atoms with Crippen LogP contribution >= 0.6 is 11.3 Å². The molecule has 4 aromatic rings. The molecule has 0 unspecified atom stereocenters. The number of fused-ring (bicyclic) bond motifs is 2. The zero-order valence-corrected chi connectivity index (χ0v) is 18.5. The molecule has 0 fully saturated rings. The maximum atomic E-state index is 14.1. The van der Waals surface area contributed by atoms with Gasteiger partial charge in [0.2, 0.25) is 11.2 Å². The average Bonchev–Trinajstić information content (AvgIpc) is 3.14. The number of phenolic OH excluding ortho intramolecular Hbond substituents is 1. The molecular weight excluding hydrogens is 441 g/mol. The van der Waals surface area contributed by atoms with Crippen molar-refractivity contribution in [2.24, 2.45) is 0 Å². The SMILES string of the molecule is CCCc1cc2c(=O)c(-c3nc4ccccc4s3)c(C(F)(F)F)oc2c(CN(C)C)c1O. The standard InChI is InChI=1S/C23H21F3N2O3S/c1-4-7-12-10-13-19(30)17(22-27-15-8-5-6-9-16(15)32-22)21(23(24,25)26)31-20(13)14(18(12)29)11-28(2)3/h5-6,8-10,29H,4,7,11H2,1-3H3. The number of thiazole rings is 1. The Hall–Kier alpha value is -2.91. The minimum Gasteiger partial charge on any atom is -0.507 e. The van der Waals surface area contributed by atoms with E-state index in [2.05, 4.69) is 4.98 Å². The molecule has 32 heavy (non-hydrogen) atoms. The normalized spacial score (nSPS) is 12.3. The lowest BCUT2D eigenvalue weighted by Crippen LogP contribution is -2.18. The number of rotatable bonds is 5. The van der Waals surface area contributed by atoms with Crippen molar-refractivity contribution in [1.82, 2.24) is 9.88 Å². The summed E-state index contributed by atoms with van der Waals surface area (Å²) in [7, 11) is 3.44.